The van der Waals surface area contributed by atoms with Gasteiger partial charge in [-0.2, -0.15) is 0 Å². The Bertz CT molecular complexity index is 587. The highest BCUT2D eigenvalue weighted by molar-refractivity contribution is 5.95. The van der Waals surface area contributed by atoms with E-state index in [2.05, 4.69) is 10.6 Å². The number of imide groups is 1. The smallest absolute Gasteiger partial charge is 0.321 e. The summed E-state index contributed by atoms with van der Waals surface area (Å²) in [5.74, 6) is -0.999. The molecule has 0 saturated heterocycles. The lowest BCUT2D eigenvalue weighted by Crippen LogP contribution is -2.42. The molecular formula is C20H30N2O4. The van der Waals surface area contributed by atoms with Crippen LogP contribution in [0.5, 0.6) is 0 Å². The van der Waals surface area contributed by atoms with Gasteiger partial charge in [-0.25, -0.2) is 4.79 Å². The predicted molar refractivity (Wildman–Crippen MR) is 101 cm³/mol. The zero-order valence-corrected chi connectivity index (χ0v) is 16.1. The second kappa shape index (κ2) is 11.3. The van der Waals surface area contributed by atoms with Crippen molar-refractivity contribution in [2.24, 2.45) is 11.8 Å². The van der Waals surface area contributed by atoms with Gasteiger partial charge in [0.2, 0.25) is 0 Å². The van der Waals surface area contributed by atoms with Crippen LogP contribution in [0.1, 0.15) is 52.0 Å². The highest BCUT2D eigenvalue weighted by Crippen LogP contribution is 2.28. The Hall–Kier alpha value is -2.37. The van der Waals surface area contributed by atoms with Gasteiger partial charge >= 0.3 is 12.0 Å². The molecule has 1 aromatic carbocycles. The first-order chi connectivity index (χ1) is 12.3. The van der Waals surface area contributed by atoms with Gasteiger partial charge in [-0.1, -0.05) is 64.4 Å². The highest BCUT2D eigenvalue weighted by Gasteiger charge is 2.27. The summed E-state index contributed by atoms with van der Waals surface area (Å²) in [6.07, 6.45) is 1.63. The number of hydrogen-bond donors (Lipinski definition) is 2. The van der Waals surface area contributed by atoms with E-state index in [9.17, 15) is 14.4 Å². The number of rotatable bonds is 9. The first kappa shape index (κ1) is 21.7. The van der Waals surface area contributed by atoms with Crippen LogP contribution in [0.2, 0.25) is 0 Å². The van der Waals surface area contributed by atoms with Crippen molar-refractivity contribution in [3.05, 3.63) is 35.9 Å². The molecule has 0 aromatic heterocycles. The average molecular weight is 362 g/mol. The molecule has 0 aliphatic rings. The Morgan fingerprint density at radius 1 is 1.08 bits per heavy atom. The zero-order valence-electron chi connectivity index (χ0n) is 16.1. The maximum absolute atomic E-state index is 12.5. The van der Waals surface area contributed by atoms with E-state index in [1.807, 2.05) is 58.0 Å². The van der Waals surface area contributed by atoms with E-state index < -0.39 is 30.4 Å². The van der Waals surface area contributed by atoms with Gasteiger partial charge in [0.1, 0.15) is 0 Å². The second-order valence-electron chi connectivity index (χ2n) is 6.87. The van der Waals surface area contributed by atoms with Crippen molar-refractivity contribution in [3.63, 3.8) is 0 Å². The van der Waals surface area contributed by atoms with E-state index in [1.54, 1.807) is 0 Å². The van der Waals surface area contributed by atoms with Crippen LogP contribution in [-0.2, 0) is 14.3 Å². The number of ether oxygens (including phenoxy) is 1. The first-order valence-corrected chi connectivity index (χ1v) is 9.14. The van der Waals surface area contributed by atoms with Crippen molar-refractivity contribution in [2.75, 3.05) is 13.2 Å². The molecule has 0 spiro atoms. The highest BCUT2D eigenvalue weighted by atomic mass is 16.5. The number of amides is 3. The van der Waals surface area contributed by atoms with Gasteiger partial charge < -0.3 is 10.1 Å². The molecule has 3 amide bonds. The minimum absolute atomic E-state index is 0.0762. The number of carbonyl (C=O) groups is 3. The quantitative estimate of drug-likeness (QED) is 0.661. The molecule has 6 heteroatoms. The molecule has 1 rings (SSSR count). The Kier molecular flexibility index (Phi) is 9.41. The molecule has 144 valence electrons. The van der Waals surface area contributed by atoms with Crippen LogP contribution in [0.4, 0.5) is 4.79 Å². The molecule has 0 aliphatic heterocycles. The van der Waals surface area contributed by atoms with Gasteiger partial charge in [0, 0.05) is 6.54 Å². The number of carbonyl (C=O) groups excluding carboxylic acids is 3. The lowest BCUT2D eigenvalue weighted by Gasteiger charge is -2.21. The molecule has 6 nitrogen and oxygen atoms in total. The summed E-state index contributed by atoms with van der Waals surface area (Å²) in [7, 11) is 0. The van der Waals surface area contributed by atoms with Crippen LogP contribution in [0.25, 0.3) is 0 Å². The summed E-state index contributed by atoms with van der Waals surface area (Å²) in [4.78, 5) is 35.9. The Balaban J connectivity index is 2.52. The SMILES string of the molecule is CC[C@@H](C)[C@@H](C(=O)OCC(=O)NC(=O)NCCC(C)C)c1ccccc1. The summed E-state index contributed by atoms with van der Waals surface area (Å²) in [6.45, 7) is 8.08. The molecule has 0 aliphatic carbocycles. The third-order valence-corrected chi connectivity index (χ3v) is 4.23. The Labute approximate surface area is 155 Å². The van der Waals surface area contributed by atoms with Crippen LogP contribution >= 0.6 is 0 Å². The fourth-order valence-corrected chi connectivity index (χ4v) is 2.50. The summed E-state index contributed by atoms with van der Waals surface area (Å²) >= 11 is 0. The molecule has 0 unspecified atom stereocenters. The van der Waals surface area contributed by atoms with Gasteiger partial charge in [-0.15, -0.1) is 0 Å². The lowest BCUT2D eigenvalue weighted by molar-refractivity contribution is -0.151. The first-order valence-electron chi connectivity index (χ1n) is 9.14. The zero-order chi connectivity index (χ0) is 19.5. The summed E-state index contributed by atoms with van der Waals surface area (Å²) in [5, 5.41) is 4.76. The standard InChI is InChI=1S/C20H30N2O4/c1-5-15(4)18(16-9-7-6-8-10-16)19(24)26-13-17(23)22-20(25)21-12-11-14(2)3/h6-10,14-15,18H,5,11-13H2,1-4H3,(H2,21,22,23,25)/t15-,18-/m1/s1. The number of hydrogen-bond acceptors (Lipinski definition) is 4. The molecule has 0 bridgehead atoms. The van der Waals surface area contributed by atoms with E-state index in [0.29, 0.717) is 12.5 Å². The number of benzene rings is 1. The van der Waals surface area contributed by atoms with Crippen LogP contribution < -0.4 is 10.6 Å². The van der Waals surface area contributed by atoms with E-state index in [-0.39, 0.29) is 5.92 Å². The van der Waals surface area contributed by atoms with Gasteiger partial charge in [0.15, 0.2) is 6.61 Å². The predicted octanol–water partition coefficient (Wildman–Crippen LogP) is 3.23. The largest absolute Gasteiger partial charge is 0.455 e. The third-order valence-electron chi connectivity index (χ3n) is 4.23. The van der Waals surface area contributed by atoms with Crippen LogP contribution in [0.3, 0.4) is 0 Å². The van der Waals surface area contributed by atoms with Crippen molar-refractivity contribution in [3.8, 4) is 0 Å². The summed E-state index contributed by atoms with van der Waals surface area (Å²) in [6, 6.07) is 8.79. The molecular weight excluding hydrogens is 332 g/mol. The van der Waals surface area contributed by atoms with Gasteiger partial charge in [0.05, 0.1) is 5.92 Å². The van der Waals surface area contributed by atoms with Crippen molar-refractivity contribution >= 4 is 17.9 Å². The minimum atomic E-state index is -0.642. The van der Waals surface area contributed by atoms with E-state index in [0.717, 1.165) is 18.4 Å². The molecule has 2 atom stereocenters. The van der Waals surface area contributed by atoms with E-state index in [1.165, 1.54) is 0 Å². The van der Waals surface area contributed by atoms with Crippen molar-refractivity contribution in [1.29, 1.82) is 0 Å². The molecule has 1 aromatic rings. The van der Waals surface area contributed by atoms with E-state index in [4.69, 9.17) is 4.74 Å². The molecule has 26 heavy (non-hydrogen) atoms. The maximum Gasteiger partial charge on any atom is 0.321 e. The normalized spacial score (nSPS) is 13.0. The Morgan fingerprint density at radius 2 is 1.73 bits per heavy atom. The van der Waals surface area contributed by atoms with Crippen LogP contribution in [-0.4, -0.2) is 31.1 Å². The van der Waals surface area contributed by atoms with Crippen molar-refractivity contribution in [1.82, 2.24) is 10.6 Å². The monoisotopic (exact) mass is 362 g/mol. The van der Waals surface area contributed by atoms with E-state index >= 15 is 0 Å². The summed E-state index contributed by atoms with van der Waals surface area (Å²) < 4.78 is 5.16. The van der Waals surface area contributed by atoms with Crippen molar-refractivity contribution < 1.29 is 19.1 Å². The maximum atomic E-state index is 12.5. The fraction of sp³-hybridized carbons (Fsp3) is 0.550. The molecule has 0 radical (unpaired) electrons. The minimum Gasteiger partial charge on any atom is -0.455 e. The van der Waals surface area contributed by atoms with Gasteiger partial charge in [-0.3, -0.25) is 14.9 Å². The van der Waals surface area contributed by atoms with Crippen LogP contribution in [0.15, 0.2) is 30.3 Å². The van der Waals surface area contributed by atoms with Crippen LogP contribution in [0, 0.1) is 11.8 Å². The Morgan fingerprint density at radius 3 is 2.31 bits per heavy atom. The average Bonchev–Trinajstić information content (AvgIpc) is 2.60. The third kappa shape index (κ3) is 7.68. The van der Waals surface area contributed by atoms with Gasteiger partial charge in [0.25, 0.3) is 5.91 Å². The lowest BCUT2D eigenvalue weighted by atomic mass is 9.86. The molecule has 0 fully saturated rings. The topological polar surface area (TPSA) is 84.5 Å². The molecule has 0 heterocycles. The van der Waals surface area contributed by atoms with Gasteiger partial charge in [-0.05, 0) is 23.8 Å². The number of esters is 1. The fourth-order valence-electron chi connectivity index (χ4n) is 2.50. The summed E-state index contributed by atoms with van der Waals surface area (Å²) in [5.41, 5.74) is 0.860. The number of nitrogens with one attached hydrogen (secondary N) is 2. The molecule has 0 saturated carbocycles. The second-order valence-corrected chi connectivity index (χ2v) is 6.87. The van der Waals surface area contributed by atoms with Crippen molar-refractivity contribution in [2.45, 2.75) is 46.5 Å². The number of urea groups is 1. The molecule has 2 N–H and O–H groups in total.